The third kappa shape index (κ3) is 7.30. The van der Waals surface area contributed by atoms with Crippen LogP contribution in [0.4, 0.5) is 18.9 Å². The second kappa shape index (κ2) is 11.2. The van der Waals surface area contributed by atoms with Crippen LogP contribution in [0.5, 0.6) is 0 Å². The van der Waals surface area contributed by atoms with Crippen LogP contribution >= 0.6 is 23.4 Å². The number of hydrogen-bond donors (Lipinski definition) is 3. The van der Waals surface area contributed by atoms with Crippen LogP contribution in [-0.4, -0.2) is 30.2 Å². The highest BCUT2D eigenvalue weighted by Crippen LogP contribution is 2.32. The number of thioether (sulfide) groups is 1. The van der Waals surface area contributed by atoms with Gasteiger partial charge in [0.05, 0.1) is 17.7 Å². The Labute approximate surface area is 199 Å². The van der Waals surface area contributed by atoms with E-state index in [1.165, 1.54) is 0 Å². The first-order chi connectivity index (χ1) is 15.6. The molecule has 1 fully saturated rings. The molecule has 0 spiro atoms. The molecular weight excluding hydrogens is 475 g/mol. The van der Waals surface area contributed by atoms with Crippen LogP contribution in [0.2, 0.25) is 5.02 Å². The third-order valence-electron chi connectivity index (χ3n) is 5.57. The van der Waals surface area contributed by atoms with E-state index in [-0.39, 0.29) is 35.7 Å². The van der Waals surface area contributed by atoms with Crippen LogP contribution in [0.1, 0.15) is 41.6 Å². The van der Waals surface area contributed by atoms with Crippen LogP contribution in [0, 0.1) is 5.92 Å². The zero-order valence-electron chi connectivity index (χ0n) is 17.8. The molecule has 0 unspecified atom stereocenters. The number of benzene rings is 2. The van der Waals surface area contributed by atoms with Crippen molar-refractivity contribution in [1.82, 2.24) is 10.6 Å². The minimum atomic E-state index is -4.60. The number of halogens is 4. The third-order valence-corrected chi connectivity index (χ3v) is 7.02. The Morgan fingerprint density at radius 3 is 2.48 bits per heavy atom. The van der Waals surface area contributed by atoms with Gasteiger partial charge in [0.25, 0.3) is 5.91 Å². The quantitative estimate of drug-likeness (QED) is 0.364. The molecule has 33 heavy (non-hydrogen) atoms. The van der Waals surface area contributed by atoms with Crippen molar-refractivity contribution in [2.75, 3.05) is 18.0 Å². The highest BCUT2D eigenvalue weighted by atomic mass is 35.5. The summed E-state index contributed by atoms with van der Waals surface area (Å²) in [6.07, 6.45) is -0.686. The van der Waals surface area contributed by atoms with Crippen molar-refractivity contribution in [3.63, 3.8) is 0 Å². The molecule has 2 aromatic carbocycles. The number of hydrogen-bond acceptors (Lipinski definition) is 4. The van der Waals surface area contributed by atoms with Gasteiger partial charge < -0.3 is 16.4 Å². The largest absolute Gasteiger partial charge is 0.416 e. The van der Waals surface area contributed by atoms with E-state index in [0.29, 0.717) is 11.1 Å². The van der Waals surface area contributed by atoms with Crippen LogP contribution in [0.15, 0.2) is 47.4 Å². The van der Waals surface area contributed by atoms with Crippen LogP contribution < -0.4 is 16.4 Å². The van der Waals surface area contributed by atoms with E-state index in [9.17, 15) is 22.8 Å². The molecule has 0 aromatic heterocycles. The summed E-state index contributed by atoms with van der Waals surface area (Å²) < 4.78 is 38.8. The molecule has 0 radical (unpaired) electrons. The van der Waals surface area contributed by atoms with Gasteiger partial charge in [0.15, 0.2) is 0 Å². The lowest BCUT2D eigenvalue weighted by atomic mass is 9.86. The Hall–Kier alpha value is -2.39. The molecule has 4 N–H and O–H groups in total. The predicted molar refractivity (Wildman–Crippen MR) is 124 cm³/mol. The predicted octanol–water partition coefficient (Wildman–Crippen LogP) is 5.14. The summed E-state index contributed by atoms with van der Waals surface area (Å²) in [5, 5.41) is 6.02. The van der Waals surface area contributed by atoms with E-state index >= 15 is 0 Å². The number of anilines is 1. The molecular formula is C23H25ClF3N3O2S. The Balaban J connectivity index is 1.53. The second-order valence-corrected chi connectivity index (χ2v) is 9.50. The first-order valence-corrected chi connectivity index (χ1v) is 11.9. The Kier molecular flexibility index (Phi) is 8.53. The lowest BCUT2D eigenvalue weighted by Gasteiger charge is -2.32. The molecule has 0 heterocycles. The van der Waals surface area contributed by atoms with Crippen molar-refractivity contribution < 1.29 is 22.8 Å². The van der Waals surface area contributed by atoms with Crippen LogP contribution in [0.3, 0.4) is 0 Å². The summed E-state index contributed by atoms with van der Waals surface area (Å²) in [5.41, 5.74) is 4.28. The van der Waals surface area contributed by atoms with E-state index in [1.54, 1.807) is 11.8 Å². The number of nitrogens with two attached hydrogens (primary N) is 1. The van der Waals surface area contributed by atoms with Gasteiger partial charge in [-0.25, -0.2) is 0 Å². The maximum atomic E-state index is 12.9. The first-order valence-electron chi connectivity index (χ1n) is 10.6. The Bertz CT molecular complexity index is 986. The first kappa shape index (κ1) is 25.2. The summed E-state index contributed by atoms with van der Waals surface area (Å²) >= 11 is 7.63. The molecule has 5 nitrogen and oxygen atoms in total. The minimum Gasteiger partial charge on any atom is -0.398 e. The summed E-state index contributed by atoms with van der Waals surface area (Å²) in [4.78, 5) is 25.9. The van der Waals surface area contributed by atoms with Crippen LogP contribution in [0.25, 0.3) is 0 Å². The molecule has 0 bridgehead atoms. The molecule has 1 aliphatic rings. The Morgan fingerprint density at radius 2 is 1.79 bits per heavy atom. The van der Waals surface area contributed by atoms with Crippen molar-refractivity contribution in [3.05, 3.63) is 58.6 Å². The van der Waals surface area contributed by atoms with Crippen molar-refractivity contribution in [3.8, 4) is 0 Å². The zero-order chi connectivity index (χ0) is 24.0. The SMILES string of the molecule is Nc1ccc(C(F)(F)F)cc1C(=O)NCC(=O)N[C@H]1CCCC[C@H]1CSc1ccc(Cl)cc1. The molecule has 1 aliphatic carbocycles. The van der Waals surface area contributed by atoms with Gasteiger partial charge >= 0.3 is 6.18 Å². The van der Waals surface area contributed by atoms with Crippen molar-refractivity contribution in [1.29, 1.82) is 0 Å². The number of amides is 2. The minimum absolute atomic E-state index is 0.0263. The Morgan fingerprint density at radius 1 is 1.09 bits per heavy atom. The van der Waals surface area contributed by atoms with Crippen molar-refractivity contribution >= 4 is 40.9 Å². The summed E-state index contributed by atoms with van der Waals surface area (Å²) in [5.74, 6) is -0.104. The maximum Gasteiger partial charge on any atom is 0.416 e. The molecule has 0 saturated heterocycles. The lowest BCUT2D eigenvalue weighted by molar-refractivity contribution is -0.137. The molecule has 3 rings (SSSR count). The standard InChI is InChI=1S/C23H25ClF3N3O2S/c24-16-6-8-17(9-7-16)33-13-14-3-1-2-4-20(14)30-21(31)12-29-22(32)18-11-15(23(25,26)27)5-10-19(18)28/h5-11,14,20H,1-4,12-13,28H2,(H,29,32)(H,30,31)/t14-,20-/m0/s1. The van der Waals surface area contributed by atoms with E-state index < -0.39 is 17.6 Å². The van der Waals surface area contributed by atoms with E-state index in [4.69, 9.17) is 17.3 Å². The fourth-order valence-electron chi connectivity index (χ4n) is 3.77. The highest BCUT2D eigenvalue weighted by Gasteiger charge is 2.32. The van der Waals surface area contributed by atoms with Crippen molar-refractivity contribution in [2.45, 2.75) is 42.8 Å². The van der Waals surface area contributed by atoms with E-state index in [0.717, 1.165) is 48.5 Å². The monoisotopic (exact) mass is 499 g/mol. The second-order valence-electron chi connectivity index (χ2n) is 7.97. The normalized spacial score (nSPS) is 18.5. The average Bonchev–Trinajstić information content (AvgIpc) is 2.77. The number of carbonyl (C=O) groups is 2. The molecule has 10 heteroatoms. The number of nitrogens with one attached hydrogen (secondary N) is 2. The molecule has 0 aliphatic heterocycles. The molecule has 178 valence electrons. The molecule has 2 amide bonds. The van der Waals surface area contributed by atoms with Crippen LogP contribution in [-0.2, 0) is 11.0 Å². The van der Waals surface area contributed by atoms with Gasteiger partial charge in [-0.2, -0.15) is 13.2 Å². The smallest absolute Gasteiger partial charge is 0.398 e. The summed E-state index contributed by atoms with van der Waals surface area (Å²) in [6, 6.07) is 10.1. The molecule has 2 aromatic rings. The fraction of sp³-hybridized carbons (Fsp3) is 0.391. The van der Waals surface area contributed by atoms with Gasteiger partial charge in [0, 0.05) is 27.4 Å². The topological polar surface area (TPSA) is 84.2 Å². The average molecular weight is 500 g/mol. The number of nitrogen functional groups attached to an aromatic ring is 1. The lowest BCUT2D eigenvalue weighted by Crippen LogP contribution is -2.47. The molecule has 1 saturated carbocycles. The number of rotatable bonds is 7. The van der Waals surface area contributed by atoms with E-state index in [1.807, 2.05) is 24.3 Å². The van der Waals surface area contributed by atoms with Crippen molar-refractivity contribution in [2.24, 2.45) is 5.92 Å². The van der Waals surface area contributed by atoms with Gasteiger partial charge in [0.1, 0.15) is 0 Å². The van der Waals surface area contributed by atoms with E-state index in [2.05, 4.69) is 10.6 Å². The van der Waals surface area contributed by atoms with Gasteiger partial charge in [-0.1, -0.05) is 24.4 Å². The van der Waals surface area contributed by atoms with Gasteiger partial charge in [-0.05, 0) is 61.2 Å². The fourth-order valence-corrected chi connectivity index (χ4v) is 5.03. The maximum absolute atomic E-state index is 12.9. The van der Waals surface area contributed by atoms with Gasteiger partial charge in [-0.3, -0.25) is 9.59 Å². The summed E-state index contributed by atoms with van der Waals surface area (Å²) in [7, 11) is 0. The zero-order valence-corrected chi connectivity index (χ0v) is 19.3. The van der Waals surface area contributed by atoms with Gasteiger partial charge in [0.2, 0.25) is 5.91 Å². The highest BCUT2D eigenvalue weighted by molar-refractivity contribution is 7.99. The molecule has 2 atom stereocenters. The number of carbonyl (C=O) groups excluding carboxylic acids is 2. The van der Waals surface area contributed by atoms with Gasteiger partial charge in [-0.15, -0.1) is 11.8 Å². The number of alkyl halides is 3. The summed E-state index contributed by atoms with van der Waals surface area (Å²) in [6.45, 7) is -0.345.